The minimum atomic E-state index is -3.14. The van der Waals surface area contributed by atoms with Gasteiger partial charge in [-0.2, -0.15) is 0 Å². The van der Waals surface area contributed by atoms with Crippen molar-refractivity contribution in [1.82, 2.24) is 4.90 Å². The summed E-state index contributed by atoms with van der Waals surface area (Å²) < 4.78 is 22.9. The highest BCUT2D eigenvalue weighted by Crippen LogP contribution is 2.29. The van der Waals surface area contributed by atoms with Gasteiger partial charge in [-0.3, -0.25) is 9.59 Å². The van der Waals surface area contributed by atoms with Crippen molar-refractivity contribution in [1.29, 1.82) is 0 Å². The Hall–Kier alpha value is -1.31. The van der Waals surface area contributed by atoms with Gasteiger partial charge in [-0.05, 0) is 18.6 Å². The molecule has 1 aromatic rings. The number of anilines is 1. The van der Waals surface area contributed by atoms with Gasteiger partial charge < -0.3 is 10.2 Å². The molecular formula is C13H14Cl2N2O4S. The number of nitrogens with one attached hydrogen (secondary N) is 1. The second-order valence-electron chi connectivity index (χ2n) is 5.02. The van der Waals surface area contributed by atoms with Crippen LogP contribution in [0.15, 0.2) is 18.2 Å². The van der Waals surface area contributed by atoms with Crippen molar-refractivity contribution in [3.8, 4) is 0 Å². The third-order valence-electron chi connectivity index (χ3n) is 3.47. The fourth-order valence-corrected chi connectivity index (χ4v) is 4.46. The van der Waals surface area contributed by atoms with Crippen molar-refractivity contribution in [2.24, 2.45) is 0 Å². The van der Waals surface area contributed by atoms with E-state index >= 15 is 0 Å². The molecule has 1 saturated heterocycles. The lowest BCUT2D eigenvalue weighted by molar-refractivity contribution is -0.143. The highest BCUT2D eigenvalue weighted by molar-refractivity contribution is 7.91. The maximum Gasteiger partial charge on any atom is 0.313 e. The Bertz CT molecular complexity index is 701. The van der Waals surface area contributed by atoms with Crippen molar-refractivity contribution in [2.45, 2.75) is 12.5 Å². The lowest BCUT2D eigenvalue weighted by atomic mass is 10.2. The van der Waals surface area contributed by atoms with Gasteiger partial charge >= 0.3 is 11.8 Å². The molecule has 0 spiro atoms. The highest BCUT2D eigenvalue weighted by atomic mass is 35.5. The van der Waals surface area contributed by atoms with Gasteiger partial charge in [0.15, 0.2) is 9.84 Å². The molecule has 120 valence electrons. The Labute approximate surface area is 138 Å². The van der Waals surface area contributed by atoms with Crippen LogP contribution in [0, 0.1) is 0 Å². The average molecular weight is 365 g/mol. The van der Waals surface area contributed by atoms with Crippen LogP contribution in [0.3, 0.4) is 0 Å². The summed E-state index contributed by atoms with van der Waals surface area (Å²) in [7, 11) is -1.74. The molecule has 1 aromatic carbocycles. The van der Waals surface area contributed by atoms with Gasteiger partial charge in [-0.25, -0.2) is 8.42 Å². The Balaban J connectivity index is 2.08. The highest BCUT2D eigenvalue weighted by Gasteiger charge is 2.34. The Morgan fingerprint density at radius 1 is 1.27 bits per heavy atom. The minimum Gasteiger partial charge on any atom is -0.333 e. The van der Waals surface area contributed by atoms with Crippen molar-refractivity contribution in [3.05, 3.63) is 28.2 Å². The normalized spacial score (nSPS) is 19.7. The number of hydrogen-bond donors (Lipinski definition) is 1. The molecule has 6 nitrogen and oxygen atoms in total. The van der Waals surface area contributed by atoms with Crippen LogP contribution in [0.5, 0.6) is 0 Å². The van der Waals surface area contributed by atoms with Crippen LogP contribution >= 0.6 is 23.2 Å². The summed E-state index contributed by atoms with van der Waals surface area (Å²) in [6, 6.07) is 4.17. The maximum absolute atomic E-state index is 12.1. The standard InChI is InChI=1S/C13H14Cl2N2O4S/c1-17(8-5-6-22(20,21)7-8)13(19)12(18)16-11-9(14)3-2-4-10(11)15/h2-4,8H,5-7H2,1H3,(H,16,18). The molecule has 2 rings (SSSR count). The molecule has 0 bridgehead atoms. The van der Waals surface area contributed by atoms with Crippen molar-refractivity contribution >= 4 is 50.5 Å². The molecule has 1 fully saturated rings. The van der Waals surface area contributed by atoms with E-state index < -0.39 is 27.7 Å². The van der Waals surface area contributed by atoms with E-state index in [0.29, 0.717) is 6.42 Å². The summed E-state index contributed by atoms with van der Waals surface area (Å²) in [6.07, 6.45) is 0.324. The predicted octanol–water partition coefficient (Wildman–Crippen LogP) is 1.58. The molecular weight excluding hydrogens is 351 g/mol. The fraction of sp³-hybridized carbons (Fsp3) is 0.385. The van der Waals surface area contributed by atoms with Crippen LogP contribution < -0.4 is 5.32 Å². The topological polar surface area (TPSA) is 83.6 Å². The van der Waals surface area contributed by atoms with Crippen LogP contribution in [-0.2, 0) is 19.4 Å². The molecule has 1 aliphatic heterocycles. The zero-order valence-corrected chi connectivity index (χ0v) is 14.0. The van der Waals surface area contributed by atoms with Gasteiger partial charge in [0.1, 0.15) is 0 Å². The first kappa shape index (κ1) is 17.1. The summed E-state index contributed by atoms with van der Waals surface area (Å²) in [5.74, 6) is -1.86. The number of nitrogens with zero attached hydrogens (tertiary/aromatic N) is 1. The van der Waals surface area contributed by atoms with Gasteiger partial charge in [0, 0.05) is 13.1 Å². The summed E-state index contributed by atoms with van der Waals surface area (Å²) in [5, 5.41) is 2.78. The SMILES string of the molecule is CN(C(=O)C(=O)Nc1c(Cl)cccc1Cl)C1CCS(=O)(=O)C1. The number of para-hydroxylation sites is 1. The Morgan fingerprint density at radius 3 is 2.36 bits per heavy atom. The van der Waals surface area contributed by atoms with E-state index in [1.165, 1.54) is 19.2 Å². The molecule has 1 unspecified atom stereocenters. The van der Waals surface area contributed by atoms with Crippen LogP contribution in [0.25, 0.3) is 0 Å². The molecule has 1 heterocycles. The molecule has 0 saturated carbocycles. The Kier molecular flexibility index (Phi) is 4.99. The van der Waals surface area contributed by atoms with Crippen LogP contribution in [-0.4, -0.2) is 49.7 Å². The predicted molar refractivity (Wildman–Crippen MR) is 84.9 cm³/mol. The molecule has 9 heteroatoms. The van der Waals surface area contributed by atoms with Gasteiger partial charge in [0.05, 0.1) is 27.2 Å². The van der Waals surface area contributed by atoms with Crippen LogP contribution in [0.1, 0.15) is 6.42 Å². The molecule has 0 aliphatic carbocycles. The summed E-state index contributed by atoms with van der Waals surface area (Å²) in [6.45, 7) is 0. The average Bonchev–Trinajstić information content (AvgIpc) is 2.81. The summed E-state index contributed by atoms with van der Waals surface area (Å²) in [5.41, 5.74) is 0.150. The monoisotopic (exact) mass is 364 g/mol. The van der Waals surface area contributed by atoms with E-state index in [9.17, 15) is 18.0 Å². The largest absolute Gasteiger partial charge is 0.333 e. The number of rotatable bonds is 2. The number of carbonyl (C=O) groups excluding carboxylic acids is 2. The quantitative estimate of drug-likeness (QED) is 0.807. The number of hydrogen-bond acceptors (Lipinski definition) is 4. The third-order valence-corrected chi connectivity index (χ3v) is 5.85. The summed E-state index contributed by atoms with van der Waals surface area (Å²) >= 11 is 11.8. The van der Waals surface area contributed by atoms with Crippen LogP contribution in [0.2, 0.25) is 10.0 Å². The van der Waals surface area contributed by atoms with E-state index in [0.717, 1.165) is 4.90 Å². The van der Waals surface area contributed by atoms with Gasteiger partial charge in [-0.15, -0.1) is 0 Å². The Morgan fingerprint density at radius 2 is 1.86 bits per heavy atom. The van der Waals surface area contributed by atoms with Gasteiger partial charge in [0.25, 0.3) is 0 Å². The molecule has 1 N–H and O–H groups in total. The number of benzene rings is 1. The molecule has 1 aliphatic rings. The fourth-order valence-electron chi connectivity index (χ4n) is 2.19. The minimum absolute atomic E-state index is 0.0211. The molecule has 1 atom stereocenters. The van der Waals surface area contributed by atoms with E-state index in [1.54, 1.807) is 6.07 Å². The van der Waals surface area contributed by atoms with Gasteiger partial charge in [-0.1, -0.05) is 29.3 Å². The zero-order valence-electron chi connectivity index (χ0n) is 11.7. The lowest BCUT2D eigenvalue weighted by Crippen LogP contribution is -2.43. The number of likely N-dealkylation sites (N-methyl/N-ethyl adjacent to an activating group) is 1. The van der Waals surface area contributed by atoms with Crippen LogP contribution in [0.4, 0.5) is 5.69 Å². The first-order chi connectivity index (χ1) is 10.2. The van der Waals surface area contributed by atoms with Crippen molar-refractivity contribution < 1.29 is 18.0 Å². The van der Waals surface area contributed by atoms with E-state index in [1.807, 2.05) is 0 Å². The van der Waals surface area contributed by atoms with E-state index in [4.69, 9.17) is 23.2 Å². The second-order valence-corrected chi connectivity index (χ2v) is 8.07. The number of carbonyl (C=O) groups is 2. The number of amides is 2. The molecule has 2 amide bonds. The smallest absolute Gasteiger partial charge is 0.313 e. The zero-order chi connectivity index (χ0) is 16.5. The van der Waals surface area contributed by atoms with Crippen molar-refractivity contribution in [2.75, 3.05) is 23.9 Å². The third kappa shape index (κ3) is 3.71. The molecule has 0 aromatic heterocycles. The summed E-state index contributed by atoms with van der Waals surface area (Å²) in [4.78, 5) is 25.3. The number of halogens is 2. The molecule has 0 radical (unpaired) electrons. The molecule has 22 heavy (non-hydrogen) atoms. The first-order valence-corrected chi connectivity index (χ1v) is 9.01. The van der Waals surface area contributed by atoms with E-state index in [-0.39, 0.29) is 27.2 Å². The maximum atomic E-state index is 12.1. The second kappa shape index (κ2) is 6.44. The first-order valence-electron chi connectivity index (χ1n) is 6.44. The van der Waals surface area contributed by atoms with Crippen molar-refractivity contribution in [3.63, 3.8) is 0 Å². The van der Waals surface area contributed by atoms with Gasteiger partial charge in [0.2, 0.25) is 0 Å². The van der Waals surface area contributed by atoms with E-state index in [2.05, 4.69) is 5.32 Å². The lowest BCUT2D eigenvalue weighted by Gasteiger charge is -2.22. The number of sulfone groups is 1.